The molecule has 7 heteroatoms. The van der Waals surface area contributed by atoms with Crippen molar-refractivity contribution in [3.63, 3.8) is 0 Å². The van der Waals surface area contributed by atoms with E-state index in [1.807, 2.05) is 31.2 Å². The van der Waals surface area contributed by atoms with E-state index < -0.39 is 0 Å². The second-order valence-corrected chi connectivity index (χ2v) is 8.45. The zero-order chi connectivity index (χ0) is 24.2. The molecule has 0 bridgehead atoms. The van der Waals surface area contributed by atoms with Gasteiger partial charge in [-0.15, -0.1) is 5.92 Å². The number of hydrogen-bond acceptors (Lipinski definition) is 6. The van der Waals surface area contributed by atoms with Crippen molar-refractivity contribution in [2.24, 2.45) is 0 Å². The molecule has 0 aliphatic carbocycles. The first-order valence-electron chi connectivity index (χ1n) is 11.6. The standard InChI is InChI=1S/C28H26N6O/c1-3-5-22-16-23-17-31-28(32-24-9-7-20(8-10-24)21-11-14-29-15-12-21)33-26(23)34(27(22)35)18-25-19(2)6-4-13-30-25/h4,6-11,13,16-17,29H,12,14-15,18H2,1-2H3,(H,31,32,33). The lowest BCUT2D eigenvalue weighted by molar-refractivity contribution is 0.738. The zero-order valence-electron chi connectivity index (χ0n) is 19.8. The van der Waals surface area contributed by atoms with E-state index in [9.17, 15) is 4.79 Å². The quantitative estimate of drug-likeness (QED) is 0.436. The molecule has 1 aliphatic heterocycles. The summed E-state index contributed by atoms with van der Waals surface area (Å²) in [5, 5.41) is 7.36. The van der Waals surface area contributed by atoms with Crippen LogP contribution in [-0.4, -0.2) is 32.6 Å². The maximum Gasteiger partial charge on any atom is 0.268 e. The van der Waals surface area contributed by atoms with Gasteiger partial charge in [-0.2, -0.15) is 4.98 Å². The van der Waals surface area contributed by atoms with Gasteiger partial charge >= 0.3 is 0 Å². The van der Waals surface area contributed by atoms with E-state index in [0.29, 0.717) is 23.7 Å². The third kappa shape index (κ3) is 4.84. The molecule has 0 radical (unpaired) electrons. The maximum atomic E-state index is 13.3. The average Bonchev–Trinajstić information content (AvgIpc) is 2.89. The Balaban J connectivity index is 1.51. The highest BCUT2D eigenvalue weighted by molar-refractivity contribution is 5.78. The number of aryl methyl sites for hydroxylation is 1. The summed E-state index contributed by atoms with van der Waals surface area (Å²) in [6.07, 6.45) is 6.72. The highest BCUT2D eigenvalue weighted by Crippen LogP contribution is 2.23. The lowest BCUT2D eigenvalue weighted by Crippen LogP contribution is -2.25. The predicted octanol–water partition coefficient (Wildman–Crippen LogP) is 4.03. The van der Waals surface area contributed by atoms with Crippen LogP contribution in [0.4, 0.5) is 11.6 Å². The van der Waals surface area contributed by atoms with E-state index >= 15 is 0 Å². The van der Waals surface area contributed by atoms with E-state index in [2.05, 4.69) is 50.7 Å². The van der Waals surface area contributed by atoms with Gasteiger partial charge in [-0.25, -0.2) is 4.98 Å². The Morgan fingerprint density at radius 1 is 1.17 bits per heavy atom. The summed E-state index contributed by atoms with van der Waals surface area (Å²) in [6.45, 7) is 5.91. The van der Waals surface area contributed by atoms with Crippen molar-refractivity contribution in [3.05, 3.63) is 93.7 Å². The van der Waals surface area contributed by atoms with Gasteiger partial charge in [-0.1, -0.05) is 30.2 Å². The van der Waals surface area contributed by atoms with Gasteiger partial charge in [0.2, 0.25) is 5.95 Å². The largest absolute Gasteiger partial charge is 0.324 e. The number of benzene rings is 1. The van der Waals surface area contributed by atoms with Crippen LogP contribution >= 0.6 is 0 Å². The lowest BCUT2D eigenvalue weighted by atomic mass is 10.0. The van der Waals surface area contributed by atoms with Crippen molar-refractivity contribution in [2.75, 3.05) is 18.4 Å². The van der Waals surface area contributed by atoms with Crippen molar-refractivity contribution in [2.45, 2.75) is 26.8 Å². The van der Waals surface area contributed by atoms with Gasteiger partial charge in [0.05, 0.1) is 17.8 Å². The molecule has 0 amide bonds. The minimum Gasteiger partial charge on any atom is -0.324 e. The molecule has 1 aliphatic rings. The Bertz CT molecular complexity index is 1540. The van der Waals surface area contributed by atoms with Gasteiger partial charge in [-0.3, -0.25) is 14.3 Å². The summed E-state index contributed by atoms with van der Waals surface area (Å²) in [5.41, 5.74) is 6.05. The Hall–Kier alpha value is -4.28. The van der Waals surface area contributed by atoms with Crippen LogP contribution < -0.4 is 16.2 Å². The fourth-order valence-corrected chi connectivity index (χ4v) is 4.21. The molecule has 7 nitrogen and oxygen atoms in total. The molecule has 4 aromatic rings. The first kappa shape index (κ1) is 22.5. The molecule has 0 fully saturated rings. The van der Waals surface area contributed by atoms with E-state index in [1.54, 1.807) is 30.0 Å². The summed E-state index contributed by atoms with van der Waals surface area (Å²) >= 11 is 0. The lowest BCUT2D eigenvalue weighted by Gasteiger charge is -2.15. The van der Waals surface area contributed by atoms with Crippen molar-refractivity contribution in [1.82, 2.24) is 24.8 Å². The minimum atomic E-state index is -0.193. The predicted molar refractivity (Wildman–Crippen MR) is 140 cm³/mol. The van der Waals surface area contributed by atoms with Gasteiger partial charge in [0.1, 0.15) is 5.65 Å². The topological polar surface area (TPSA) is 84.7 Å². The van der Waals surface area contributed by atoms with E-state index in [1.165, 1.54) is 11.1 Å². The molecule has 0 unspecified atom stereocenters. The van der Waals surface area contributed by atoms with Gasteiger partial charge < -0.3 is 10.6 Å². The number of pyridine rings is 2. The molecule has 0 saturated carbocycles. The molecule has 3 aromatic heterocycles. The highest BCUT2D eigenvalue weighted by Gasteiger charge is 2.13. The molecular weight excluding hydrogens is 436 g/mol. The molecule has 1 aromatic carbocycles. The van der Waals surface area contributed by atoms with Crippen molar-refractivity contribution >= 4 is 28.2 Å². The zero-order valence-corrected chi connectivity index (χ0v) is 19.8. The first-order valence-corrected chi connectivity index (χ1v) is 11.6. The second kappa shape index (κ2) is 9.92. The molecule has 174 valence electrons. The molecule has 2 N–H and O–H groups in total. The normalized spacial score (nSPS) is 13.1. The molecule has 0 saturated heterocycles. The fourth-order valence-electron chi connectivity index (χ4n) is 4.21. The average molecular weight is 463 g/mol. The molecule has 0 atom stereocenters. The highest BCUT2D eigenvalue weighted by atomic mass is 16.1. The van der Waals surface area contributed by atoms with Crippen LogP contribution in [0.1, 0.15) is 35.7 Å². The number of fused-ring (bicyclic) bond motifs is 1. The monoisotopic (exact) mass is 462 g/mol. The third-order valence-electron chi connectivity index (χ3n) is 6.09. The molecule has 0 spiro atoms. The van der Waals surface area contributed by atoms with Crippen LogP contribution in [0.3, 0.4) is 0 Å². The Morgan fingerprint density at radius 3 is 2.77 bits per heavy atom. The van der Waals surface area contributed by atoms with Crippen molar-refractivity contribution in [1.29, 1.82) is 0 Å². The SMILES string of the molecule is CC#Cc1cc2cnc(Nc3ccc(C4=CCNCC4)cc3)nc2n(Cc2ncccc2C)c1=O. The first-order chi connectivity index (χ1) is 17.1. The van der Waals surface area contributed by atoms with E-state index in [0.717, 1.165) is 41.8 Å². The fraction of sp³-hybridized carbons (Fsp3) is 0.214. The summed E-state index contributed by atoms with van der Waals surface area (Å²) < 4.78 is 1.63. The van der Waals surface area contributed by atoms with Gasteiger partial charge in [0, 0.05) is 30.0 Å². The van der Waals surface area contributed by atoms with Crippen LogP contribution in [0.5, 0.6) is 0 Å². The van der Waals surface area contributed by atoms with Crippen LogP contribution in [0.25, 0.3) is 16.6 Å². The molecular formula is C28H26N6O. The van der Waals surface area contributed by atoms with Crippen LogP contribution in [0.2, 0.25) is 0 Å². The number of hydrogen-bond donors (Lipinski definition) is 2. The Labute approximate surface area is 204 Å². The summed E-state index contributed by atoms with van der Waals surface area (Å²) in [6, 6.07) is 13.9. The molecule has 5 rings (SSSR count). The second-order valence-electron chi connectivity index (χ2n) is 8.45. The number of nitrogens with one attached hydrogen (secondary N) is 2. The number of anilines is 2. The summed E-state index contributed by atoms with van der Waals surface area (Å²) in [5.74, 6) is 6.16. The summed E-state index contributed by atoms with van der Waals surface area (Å²) in [4.78, 5) is 27.0. The van der Waals surface area contributed by atoms with E-state index in [-0.39, 0.29) is 5.56 Å². The van der Waals surface area contributed by atoms with Crippen LogP contribution in [0, 0.1) is 18.8 Å². The number of rotatable bonds is 5. The van der Waals surface area contributed by atoms with Crippen LogP contribution in [0.15, 0.2) is 65.7 Å². The Morgan fingerprint density at radius 2 is 2.03 bits per heavy atom. The van der Waals surface area contributed by atoms with Crippen LogP contribution in [-0.2, 0) is 6.54 Å². The smallest absolute Gasteiger partial charge is 0.268 e. The minimum absolute atomic E-state index is 0.193. The number of aromatic nitrogens is 4. The van der Waals surface area contributed by atoms with Crippen molar-refractivity contribution in [3.8, 4) is 11.8 Å². The molecule has 35 heavy (non-hydrogen) atoms. The van der Waals surface area contributed by atoms with Gasteiger partial charge in [0.25, 0.3) is 5.56 Å². The molecule has 4 heterocycles. The van der Waals surface area contributed by atoms with Crippen molar-refractivity contribution < 1.29 is 0 Å². The van der Waals surface area contributed by atoms with Gasteiger partial charge in [-0.05, 0) is 67.8 Å². The Kier molecular flexibility index (Phi) is 6.38. The third-order valence-corrected chi connectivity index (χ3v) is 6.09. The number of nitrogens with zero attached hydrogens (tertiary/aromatic N) is 4. The van der Waals surface area contributed by atoms with Gasteiger partial charge in [0.15, 0.2) is 0 Å². The summed E-state index contributed by atoms with van der Waals surface area (Å²) in [7, 11) is 0. The van der Waals surface area contributed by atoms with E-state index in [4.69, 9.17) is 4.98 Å². The maximum absolute atomic E-state index is 13.3.